The molecule has 0 atom stereocenters. The lowest BCUT2D eigenvalue weighted by atomic mass is 10.1. The highest BCUT2D eigenvalue weighted by Gasteiger charge is 2.12. The number of fused-ring (bicyclic) bond motifs is 1. The number of hydrogen-bond donors (Lipinski definition) is 1. The molecule has 27 heavy (non-hydrogen) atoms. The van der Waals surface area contributed by atoms with Crippen molar-refractivity contribution < 1.29 is 9.21 Å². The van der Waals surface area contributed by atoms with Gasteiger partial charge >= 0.3 is 0 Å². The molecule has 3 aromatic carbocycles. The fourth-order valence-electron chi connectivity index (χ4n) is 2.60. The smallest absolute Gasteiger partial charge is 0.277 e. The van der Waals surface area contributed by atoms with Gasteiger partial charge in [-0.15, -0.1) is 10.2 Å². The van der Waals surface area contributed by atoms with Gasteiger partial charge in [-0.05, 0) is 41.1 Å². The standard InChI is InChI=1S/C20H14BrN3O2S/c21-16-6-3-7-17(11-16)22-18(25)12-27-20-24-23-19(26-20)15-9-8-13-4-1-2-5-14(13)10-15/h1-11H,12H2,(H,22,25). The topological polar surface area (TPSA) is 68.0 Å². The summed E-state index contributed by atoms with van der Waals surface area (Å²) in [5, 5.41) is 13.6. The van der Waals surface area contributed by atoms with Gasteiger partial charge in [-0.3, -0.25) is 4.79 Å². The molecule has 4 rings (SSSR count). The van der Waals surface area contributed by atoms with Gasteiger partial charge in [0, 0.05) is 15.7 Å². The first-order valence-electron chi connectivity index (χ1n) is 8.18. The summed E-state index contributed by atoms with van der Waals surface area (Å²) in [5.74, 6) is 0.491. The number of carbonyl (C=O) groups is 1. The fraction of sp³-hybridized carbons (Fsp3) is 0.0500. The highest BCUT2D eigenvalue weighted by molar-refractivity contribution is 9.10. The summed E-state index contributed by atoms with van der Waals surface area (Å²) in [6, 6.07) is 21.5. The first-order chi connectivity index (χ1) is 13.2. The summed E-state index contributed by atoms with van der Waals surface area (Å²) in [7, 11) is 0. The second kappa shape index (κ2) is 7.94. The molecule has 1 amide bonds. The molecule has 0 unspecified atom stereocenters. The van der Waals surface area contributed by atoms with E-state index in [0.29, 0.717) is 11.1 Å². The molecule has 0 bridgehead atoms. The van der Waals surface area contributed by atoms with Gasteiger partial charge in [0.1, 0.15) is 0 Å². The van der Waals surface area contributed by atoms with Crippen LogP contribution in [-0.4, -0.2) is 21.9 Å². The Morgan fingerprint density at radius 1 is 1.00 bits per heavy atom. The van der Waals surface area contributed by atoms with Crippen molar-refractivity contribution in [2.75, 3.05) is 11.1 Å². The fourth-order valence-corrected chi connectivity index (χ4v) is 3.56. The Hall–Kier alpha value is -2.64. The van der Waals surface area contributed by atoms with E-state index in [-0.39, 0.29) is 11.7 Å². The third kappa shape index (κ3) is 4.37. The summed E-state index contributed by atoms with van der Waals surface area (Å²) in [6.07, 6.45) is 0. The average Bonchev–Trinajstić information content (AvgIpc) is 3.15. The van der Waals surface area contributed by atoms with Crippen LogP contribution in [0.1, 0.15) is 0 Å². The van der Waals surface area contributed by atoms with Crippen molar-refractivity contribution in [3.8, 4) is 11.5 Å². The lowest BCUT2D eigenvalue weighted by Crippen LogP contribution is -2.13. The molecule has 134 valence electrons. The molecule has 0 saturated carbocycles. The zero-order valence-corrected chi connectivity index (χ0v) is 16.5. The molecule has 0 saturated heterocycles. The molecule has 1 N–H and O–H groups in total. The summed E-state index contributed by atoms with van der Waals surface area (Å²) >= 11 is 4.58. The zero-order valence-electron chi connectivity index (χ0n) is 14.1. The van der Waals surface area contributed by atoms with Crippen LogP contribution in [-0.2, 0) is 4.79 Å². The molecule has 0 aliphatic carbocycles. The number of thioether (sulfide) groups is 1. The Balaban J connectivity index is 1.41. The van der Waals surface area contributed by atoms with E-state index in [0.717, 1.165) is 26.5 Å². The Bertz CT molecular complexity index is 1110. The summed E-state index contributed by atoms with van der Waals surface area (Å²) in [5.41, 5.74) is 1.59. The predicted octanol–water partition coefficient (Wildman–Crippen LogP) is 5.38. The summed E-state index contributed by atoms with van der Waals surface area (Å²) in [4.78, 5) is 12.1. The number of hydrogen-bond acceptors (Lipinski definition) is 5. The van der Waals surface area contributed by atoms with Crippen LogP contribution in [0.25, 0.3) is 22.2 Å². The largest absolute Gasteiger partial charge is 0.411 e. The van der Waals surface area contributed by atoms with E-state index in [1.165, 1.54) is 11.8 Å². The molecule has 4 aromatic rings. The number of anilines is 1. The van der Waals surface area contributed by atoms with Crippen molar-refractivity contribution in [1.29, 1.82) is 0 Å². The van der Waals surface area contributed by atoms with Gasteiger partial charge in [0.25, 0.3) is 5.22 Å². The minimum absolute atomic E-state index is 0.136. The van der Waals surface area contributed by atoms with Gasteiger partial charge in [0.05, 0.1) is 5.75 Å². The van der Waals surface area contributed by atoms with Crippen molar-refractivity contribution in [3.63, 3.8) is 0 Å². The van der Waals surface area contributed by atoms with Crippen molar-refractivity contribution in [3.05, 3.63) is 71.2 Å². The third-order valence-electron chi connectivity index (χ3n) is 3.84. The van der Waals surface area contributed by atoms with E-state index in [4.69, 9.17) is 4.42 Å². The Kier molecular flexibility index (Phi) is 5.22. The van der Waals surface area contributed by atoms with Crippen LogP contribution in [0, 0.1) is 0 Å². The molecule has 1 aromatic heterocycles. The van der Waals surface area contributed by atoms with Crippen LogP contribution in [0.2, 0.25) is 0 Å². The first-order valence-corrected chi connectivity index (χ1v) is 9.96. The average molecular weight is 440 g/mol. The van der Waals surface area contributed by atoms with Crippen molar-refractivity contribution in [2.24, 2.45) is 0 Å². The summed E-state index contributed by atoms with van der Waals surface area (Å²) in [6.45, 7) is 0. The minimum Gasteiger partial charge on any atom is -0.411 e. The maximum absolute atomic E-state index is 12.1. The monoisotopic (exact) mass is 439 g/mol. The molecule has 0 fully saturated rings. The van der Waals surface area contributed by atoms with E-state index < -0.39 is 0 Å². The van der Waals surface area contributed by atoms with E-state index in [9.17, 15) is 4.79 Å². The Morgan fingerprint density at radius 2 is 1.85 bits per heavy atom. The minimum atomic E-state index is -0.136. The quantitative estimate of drug-likeness (QED) is 0.422. The lowest BCUT2D eigenvalue weighted by molar-refractivity contribution is -0.113. The Morgan fingerprint density at radius 3 is 2.70 bits per heavy atom. The normalized spacial score (nSPS) is 10.9. The van der Waals surface area contributed by atoms with Gasteiger partial charge in [-0.25, -0.2) is 0 Å². The molecule has 7 heteroatoms. The van der Waals surface area contributed by atoms with Gasteiger partial charge in [0.2, 0.25) is 11.8 Å². The molecule has 0 spiro atoms. The molecule has 0 radical (unpaired) electrons. The number of amides is 1. The summed E-state index contributed by atoms with van der Waals surface area (Å²) < 4.78 is 6.60. The van der Waals surface area contributed by atoms with Gasteiger partial charge < -0.3 is 9.73 Å². The number of rotatable bonds is 5. The molecular formula is C20H14BrN3O2S. The molecular weight excluding hydrogens is 426 g/mol. The van der Waals surface area contributed by atoms with Gasteiger partial charge in [-0.2, -0.15) is 0 Å². The number of aromatic nitrogens is 2. The second-order valence-electron chi connectivity index (χ2n) is 5.78. The number of nitrogens with one attached hydrogen (secondary N) is 1. The molecule has 1 heterocycles. The third-order valence-corrected chi connectivity index (χ3v) is 5.15. The maximum Gasteiger partial charge on any atom is 0.277 e. The molecule has 5 nitrogen and oxygen atoms in total. The number of nitrogens with zero attached hydrogens (tertiary/aromatic N) is 2. The number of carbonyl (C=O) groups excluding carboxylic acids is 1. The Labute approximate surface area is 168 Å². The van der Waals surface area contributed by atoms with Gasteiger partial charge in [0.15, 0.2) is 0 Å². The van der Waals surface area contributed by atoms with Crippen molar-refractivity contribution in [2.45, 2.75) is 5.22 Å². The second-order valence-corrected chi connectivity index (χ2v) is 7.62. The van der Waals surface area contributed by atoms with E-state index >= 15 is 0 Å². The highest BCUT2D eigenvalue weighted by atomic mass is 79.9. The lowest BCUT2D eigenvalue weighted by Gasteiger charge is -2.04. The van der Waals surface area contributed by atoms with E-state index in [2.05, 4.69) is 37.5 Å². The first kappa shape index (κ1) is 17.8. The van der Waals surface area contributed by atoms with Crippen LogP contribution >= 0.6 is 27.7 Å². The highest BCUT2D eigenvalue weighted by Crippen LogP contribution is 2.26. The predicted molar refractivity (Wildman–Crippen MR) is 111 cm³/mol. The van der Waals surface area contributed by atoms with Crippen molar-refractivity contribution in [1.82, 2.24) is 10.2 Å². The van der Waals surface area contributed by atoms with Gasteiger partial charge in [-0.1, -0.05) is 64.1 Å². The van der Waals surface area contributed by atoms with E-state index in [1.807, 2.05) is 60.7 Å². The zero-order chi connectivity index (χ0) is 18.6. The van der Waals surface area contributed by atoms with E-state index in [1.54, 1.807) is 0 Å². The number of halogens is 1. The SMILES string of the molecule is O=C(CSc1nnc(-c2ccc3ccccc3c2)o1)Nc1cccc(Br)c1. The van der Waals surface area contributed by atoms with Crippen LogP contribution in [0.3, 0.4) is 0 Å². The van der Waals surface area contributed by atoms with Crippen molar-refractivity contribution >= 4 is 50.1 Å². The molecule has 0 aliphatic rings. The van der Waals surface area contributed by atoms with Crippen LogP contribution in [0.15, 0.2) is 80.8 Å². The molecule has 0 aliphatic heterocycles. The van der Waals surface area contributed by atoms with Crippen LogP contribution in [0.5, 0.6) is 0 Å². The number of benzene rings is 3. The maximum atomic E-state index is 12.1. The van der Waals surface area contributed by atoms with Crippen LogP contribution in [0.4, 0.5) is 5.69 Å². The van der Waals surface area contributed by atoms with Crippen LogP contribution < -0.4 is 5.32 Å².